The van der Waals surface area contributed by atoms with Crippen molar-refractivity contribution in [2.75, 3.05) is 25.1 Å². The van der Waals surface area contributed by atoms with E-state index in [1.165, 1.54) is 18.5 Å². The zero-order valence-corrected chi connectivity index (χ0v) is 13.9. The molecule has 0 radical (unpaired) electrons. The van der Waals surface area contributed by atoms with Crippen molar-refractivity contribution >= 4 is 17.3 Å². The minimum Gasteiger partial charge on any atom is -0.495 e. The molecule has 2 fully saturated rings. The van der Waals surface area contributed by atoms with Gasteiger partial charge in [0, 0.05) is 36.3 Å². The highest BCUT2D eigenvalue weighted by atomic mass is 35.5. The lowest BCUT2D eigenvalue weighted by atomic mass is 10.0. The summed E-state index contributed by atoms with van der Waals surface area (Å²) in [5.74, 6) is 1.75. The number of hydrogen-bond donors (Lipinski definition) is 1. The second-order valence-electron chi connectivity index (χ2n) is 6.34. The summed E-state index contributed by atoms with van der Waals surface area (Å²) in [6.07, 6.45) is 3.88. The minimum atomic E-state index is 0.523. The Morgan fingerprint density at radius 1 is 1.38 bits per heavy atom. The standard InChI is InChI=1S/C17H25ClN2O/c1-4-13-9-19-15(12-5-6-12)10-20(13)16-7-11(2)14(18)8-17(16)21-3/h7-8,12-13,15,19H,4-6,9-10H2,1-3H3. The van der Waals surface area contributed by atoms with Crippen LogP contribution in [0.5, 0.6) is 5.75 Å². The second kappa shape index (κ2) is 6.05. The molecule has 4 heteroatoms. The van der Waals surface area contributed by atoms with Crippen molar-refractivity contribution in [3.8, 4) is 5.75 Å². The quantitative estimate of drug-likeness (QED) is 0.919. The Morgan fingerprint density at radius 2 is 2.14 bits per heavy atom. The van der Waals surface area contributed by atoms with E-state index in [-0.39, 0.29) is 0 Å². The van der Waals surface area contributed by atoms with E-state index in [0.717, 1.165) is 41.8 Å². The third-order valence-electron chi connectivity index (χ3n) is 4.88. The molecule has 116 valence electrons. The highest BCUT2D eigenvalue weighted by molar-refractivity contribution is 6.31. The summed E-state index contributed by atoms with van der Waals surface area (Å²) in [4.78, 5) is 2.53. The van der Waals surface area contributed by atoms with Gasteiger partial charge in [0.05, 0.1) is 12.8 Å². The number of halogens is 1. The van der Waals surface area contributed by atoms with Crippen molar-refractivity contribution in [1.82, 2.24) is 5.32 Å². The highest BCUT2D eigenvalue weighted by Crippen LogP contribution is 2.39. The fourth-order valence-corrected chi connectivity index (χ4v) is 3.49. The van der Waals surface area contributed by atoms with Crippen molar-refractivity contribution in [3.05, 3.63) is 22.7 Å². The predicted octanol–water partition coefficient (Wildman–Crippen LogP) is 3.62. The van der Waals surface area contributed by atoms with Crippen LogP contribution in [0.15, 0.2) is 12.1 Å². The van der Waals surface area contributed by atoms with Crippen molar-refractivity contribution in [1.29, 1.82) is 0 Å². The maximum absolute atomic E-state index is 6.25. The van der Waals surface area contributed by atoms with Crippen LogP contribution in [0.1, 0.15) is 31.7 Å². The van der Waals surface area contributed by atoms with Crippen LogP contribution in [0, 0.1) is 12.8 Å². The van der Waals surface area contributed by atoms with Gasteiger partial charge in [0.25, 0.3) is 0 Å². The Hall–Kier alpha value is -0.930. The molecule has 2 atom stereocenters. The number of aryl methyl sites for hydroxylation is 1. The molecular formula is C17H25ClN2O. The Labute approximate surface area is 132 Å². The molecule has 0 bridgehead atoms. The average Bonchev–Trinajstić information content (AvgIpc) is 3.33. The fourth-order valence-electron chi connectivity index (χ4n) is 3.33. The molecule has 1 saturated heterocycles. The summed E-state index contributed by atoms with van der Waals surface area (Å²) in [5.41, 5.74) is 2.31. The van der Waals surface area contributed by atoms with Crippen LogP contribution < -0.4 is 15.0 Å². The van der Waals surface area contributed by atoms with Gasteiger partial charge in [-0.1, -0.05) is 18.5 Å². The molecule has 1 N–H and O–H groups in total. The summed E-state index contributed by atoms with van der Waals surface area (Å²) in [6.45, 7) is 6.45. The molecule has 21 heavy (non-hydrogen) atoms. The molecule has 0 amide bonds. The second-order valence-corrected chi connectivity index (χ2v) is 6.75. The first-order valence-electron chi connectivity index (χ1n) is 7.98. The molecule has 1 aliphatic carbocycles. The zero-order chi connectivity index (χ0) is 15.0. The summed E-state index contributed by atoms with van der Waals surface area (Å²) in [7, 11) is 1.73. The van der Waals surface area contributed by atoms with Gasteiger partial charge in [-0.3, -0.25) is 0 Å². The number of benzene rings is 1. The molecule has 1 aromatic carbocycles. The monoisotopic (exact) mass is 308 g/mol. The van der Waals surface area contributed by atoms with Gasteiger partial charge >= 0.3 is 0 Å². The van der Waals surface area contributed by atoms with E-state index in [0.29, 0.717) is 12.1 Å². The van der Waals surface area contributed by atoms with Crippen molar-refractivity contribution in [2.24, 2.45) is 5.92 Å². The Morgan fingerprint density at radius 3 is 2.76 bits per heavy atom. The van der Waals surface area contributed by atoms with Crippen LogP contribution in [-0.2, 0) is 0 Å². The molecule has 0 aromatic heterocycles. The van der Waals surface area contributed by atoms with Crippen LogP contribution in [0.2, 0.25) is 5.02 Å². The van der Waals surface area contributed by atoms with E-state index < -0.39 is 0 Å². The molecule has 1 aliphatic heterocycles. The topological polar surface area (TPSA) is 24.5 Å². The molecule has 3 nitrogen and oxygen atoms in total. The van der Waals surface area contributed by atoms with E-state index in [1.54, 1.807) is 7.11 Å². The lowest BCUT2D eigenvalue weighted by Gasteiger charge is -2.42. The fraction of sp³-hybridized carbons (Fsp3) is 0.647. The van der Waals surface area contributed by atoms with Crippen LogP contribution in [0.3, 0.4) is 0 Å². The third-order valence-corrected chi connectivity index (χ3v) is 5.29. The molecule has 1 heterocycles. The summed E-state index contributed by atoms with van der Waals surface area (Å²) >= 11 is 6.25. The number of methoxy groups -OCH3 is 1. The molecule has 3 rings (SSSR count). The van der Waals surface area contributed by atoms with Gasteiger partial charge in [-0.15, -0.1) is 0 Å². The van der Waals surface area contributed by atoms with E-state index in [1.807, 2.05) is 6.07 Å². The molecule has 2 aliphatic rings. The average molecular weight is 309 g/mol. The Kier molecular flexibility index (Phi) is 4.32. The largest absolute Gasteiger partial charge is 0.495 e. The first kappa shape index (κ1) is 15.0. The Bertz CT molecular complexity index is 516. The summed E-state index contributed by atoms with van der Waals surface area (Å²) < 4.78 is 5.59. The molecule has 0 spiro atoms. The van der Waals surface area contributed by atoms with E-state index in [2.05, 4.69) is 30.1 Å². The number of nitrogens with zero attached hydrogens (tertiary/aromatic N) is 1. The van der Waals surface area contributed by atoms with E-state index >= 15 is 0 Å². The molecular weight excluding hydrogens is 284 g/mol. The predicted molar refractivity (Wildman–Crippen MR) is 88.7 cm³/mol. The van der Waals surface area contributed by atoms with Crippen LogP contribution >= 0.6 is 11.6 Å². The van der Waals surface area contributed by atoms with Gasteiger partial charge in [0.2, 0.25) is 0 Å². The van der Waals surface area contributed by atoms with Crippen molar-refractivity contribution in [2.45, 2.75) is 45.2 Å². The van der Waals surface area contributed by atoms with Crippen molar-refractivity contribution < 1.29 is 4.74 Å². The van der Waals surface area contributed by atoms with Gasteiger partial charge in [0.1, 0.15) is 5.75 Å². The highest BCUT2D eigenvalue weighted by Gasteiger charge is 2.37. The number of nitrogens with one attached hydrogen (secondary N) is 1. The number of rotatable bonds is 4. The van der Waals surface area contributed by atoms with Gasteiger partial charge in [-0.05, 0) is 43.7 Å². The van der Waals surface area contributed by atoms with E-state index in [4.69, 9.17) is 16.3 Å². The molecule has 2 unspecified atom stereocenters. The summed E-state index contributed by atoms with van der Waals surface area (Å²) in [6, 6.07) is 5.27. The lowest BCUT2D eigenvalue weighted by molar-refractivity contribution is 0.353. The van der Waals surface area contributed by atoms with Gasteiger partial charge in [-0.2, -0.15) is 0 Å². The SMILES string of the molecule is CCC1CNC(C2CC2)CN1c1cc(C)c(Cl)cc1OC. The lowest BCUT2D eigenvalue weighted by Crippen LogP contribution is -2.57. The van der Waals surface area contributed by atoms with Crippen LogP contribution in [-0.4, -0.2) is 32.3 Å². The molecule has 1 saturated carbocycles. The minimum absolute atomic E-state index is 0.523. The number of hydrogen-bond acceptors (Lipinski definition) is 3. The molecule has 1 aromatic rings. The third kappa shape index (κ3) is 3.00. The van der Waals surface area contributed by atoms with Gasteiger partial charge in [0.15, 0.2) is 0 Å². The summed E-state index contributed by atoms with van der Waals surface area (Å²) in [5, 5.41) is 4.51. The first-order valence-corrected chi connectivity index (χ1v) is 8.36. The number of anilines is 1. The maximum atomic E-state index is 6.25. The number of piperazine rings is 1. The normalized spacial score (nSPS) is 26.0. The maximum Gasteiger partial charge on any atom is 0.143 e. The van der Waals surface area contributed by atoms with Gasteiger partial charge in [-0.25, -0.2) is 0 Å². The van der Waals surface area contributed by atoms with Crippen LogP contribution in [0.4, 0.5) is 5.69 Å². The van der Waals surface area contributed by atoms with Crippen LogP contribution in [0.25, 0.3) is 0 Å². The number of ether oxygens (including phenoxy) is 1. The zero-order valence-electron chi connectivity index (χ0n) is 13.2. The smallest absolute Gasteiger partial charge is 0.143 e. The first-order chi connectivity index (χ1) is 10.1. The van der Waals surface area contributed by atoms with Crippen molar-refractivity contribution in [3.63, 3.8) is 0 Å². The van der Waals surface area contributed by atoms with E-state index in [9.17, 15) is 0 Å². The Balaban J connectivity index is 1.92. The van der Waals surface area contributed by atoms with Gasteiger partial charge < -0.3 is 15.0 Å².